The number of rotatable bonds is 48. The highest BCUT2D eigenvalue weighted by Crippen LogP contribution is 2.47. The molecule has 530 valence electrons. The van der Waals surface area contributed by atoms with Gasteiger partial charge in [-0.3, -0.25) is 19.2 Å². The Morgan fingerprint density at radius 2 is 0.882 bits per heavy atom. The van der Waals surface area contributed by atoms with E-state index in [-0.39, 0.29) is 61.6 Å². The monoisotopic (exact) mass is 1300 g/mol. The van der Waals surface area contributed by atoms with Crippen LogP contribution in [0, 0.1) is 77.0 Å². The maximum absolute atomic E-state index is 13.8. The lowest BCUT2D eigenvalue weighted by Gasteiger charge is -2.38. The molecule has 0 spiro atoms. The van der Waals surface area contributed by atoms with Crippen molar-refractivity contribution in [3.8, 4) is 23.0 Å². The molecular formula is C79H134N4O10. The Balaban J connectivity index is 1.25. The van der Waals surface area contributed by atoms with Crippen LogP contribution in [0.25, 0.3) is 0 Å². The Morgan fingerprint density at radius 3 is 1.30 bits per heavy atom. The van der Waals surface area contributed by atoms with E-state index in [2.05, 4.69) is 132 Å². The van der Waals surface area contributed by atoms with Gasteiger partial charge in [0.1, 0.15) is 46.3 Å². The molecule has 0 aliphatic carbocycles. The lowest BCUT2D eigenvalue weighted by Crippen LogP contribution is -2.47. The van der Waals surface area contributed by atoms with Gasteiger partial charge in [-0.1, -0.05) is 145 Å². The Hall–Kier alpha value is -5.01. The molecule has 93 heavy (non-hydrogen) atoms. The predicted octanol–water partition coefficient (Wildman–Crippen LogP) is 17.6. The highest BCUT2D eigenvalue weighted by atomic mass is 16.5. The van der Waals surface area contributed by atoms with Crippen LogP contribution in [0.2, 0.25) is 0 Å². The van der Waals surface area contributed by atoms with Crippen LogP contribution < -0.4 is 40.2 Å². The first-order valence-corrected chi connectivity index (χ1v) is 37.3. The van der Waals surface area contributed by atoms with Gasteiger partial charge in [-0.15, -0.1) is 0 Å². The lowest BCUT2D eigenvalue weighted by molar-refractivity contribution is -0.146. The number of fused-ring (bicyclic) bond motifs is 2. The number of carbonyl (C=O) groups excluding carboxylic acids is 5. The predicted molar refractivity (Wildman–Crippen MR) is 381 cm³/mol. The van der Waals surface area contributed by atoms with Crippen LogP contribution in [-0.4, -0.2) is 86.3 Å². The molecule has 14 nitrogen and oxygen atoms in total. The second kappa shape index (κ2) is 41.8. The van der Waals surface area contributed by atoms with Gasteiger partial charge in [0, 0.05) is 24.2 Å². The van der Waals surface area contributed by atoms with Crippen molar-refractivity contribution in [2.75, 3.05) is 32.9 Å². The fraction of sp³-hybridized carbons (Fsp3) is 0.785. The molecular weight excluding hydrogens is 1160 g/mol. The first kappa shape index (κ1) is 80.4. The molecule has 4 rings (SSSR count). The third kappa shape index (κ3) is 28.3. The van der Waals surface area contributed by atoms with Crippen LogP contribution in [0.5, 0.6) is 23.0 Å². The van der Waals surface area contributed by atoms with Crippen molar-refractivity contribution in [1.82, 2.24) is 21.3 Å². The maximum Gasteiger partial charge on any atom is 0.328 e. The average molecular weight is 1300 g/mol. The minimum Gasteiger partial charge on any atom is -0.492 e. The molecule has 2 aliphatic rings. The molecule has 4 amide bonds. The van der Waals surface area contributed by atoms with Crippen LogP contribution in [0.15, 0.2) is 0 Å². The second-order valence-corrected chi connectivity index (χ2v) is 30.4. The largest absolute Gasteiger partial charge is 0.492 e. The fourth-order valence-electron chi connectivity index (χ4n) is 14.2. The third-order valence-corrected chi connectivity index (χ3v) is 20.8. The normalized spacial score (nSPS) is 18.0. The van der Waals surface area contributed by atoms with Gasteiger partial charge in [-0.05, 0) is 221 Å². The molecule has 2 heterocycles. The number of ether oxygens (including phenoxy) is 5. The van der Waals surface area contributed by atoms with E-state index in [0.29, 0.717) is 63.9 Å². The molecule has 0 saturated heterocycles. The summed E-state index contributed by atoms with van der Waals surface area (Å²) < 4.78 is 31.8. The lowest BCUT2D eigenvalue weighted by atomic mass is 9.83. The van der Waals surface area contributed by atoms with E-state index >= 15 is 0 Å². The molecule has 0 radical (unpaired) electrons. The molecule has 0 saturated carbocycles. The van der Waals surface area contributed by atoms with E-state index in [1.54, 1.807) is 6.92 Å². The topological polar surface area (TPSA) is 180 Å². The summed E-state index contributed by atoms with van der Waals surface area (Å²) in [5.41, 5.74) is 8.35. The molecule has 0 aromatic heterocycles. The fourth-order valence-corrected chi connectivity index (χ4v) is 14.2. The number of amides is 4. The van der Waals surface area contributed by atoms with Gasteiger partial charge >= 0.3 is 5.97 Å². The molecule has 0 fully saturated rings. The minimum atomic E-state index is -0.815. The first-order valence-electron chi connectivity index (χ1n) is 37.3. The van der Waals surface area contributed by atoms with Crippen LogP contribution in [0.3, 0.4) is 0 Å². The van der Waals surface area contributed by atoms with Crippen LogP contribution in [0.4, 0.5) is 0 Å². The average Bonchev–Trinajstić information content (AvgIpc) is 0.781. The van der Waals surface area contributed by atoms with Gasteiger partial charge in [0.2, 0.25) is 24.1 Å². The Morgan fingerprint density at radius 1 is 0.484 bits per heavy atom. The molecule has 0 unspecified atom stereocenters. The van der Waals surface area contributed by atoms with Gasteiger partial charge in [0.25, 0.3) is 0 Å². The summed E-state index contributed by atoms with van der Waals surface area (Å²) in [5.74, 6) is 7.06. The van der Waals surface area contributed by atoms with Crippen LogP contribution >= 0.6 is 0 Å². The Kier molecular flexibility index (Phi) is 36.2. The zero-order valence-electron chi connectivity index (χ0n) is 62.0. The van der Waals surface area contributed by atoms with E-state index in [1.807, 2.05) is 0 Å². The van der Waals surface area contributed by atoms with Crippen molar-refractivity contribution in [3.05, 3.63) is 44.5 Å². The summed E-state index contributed by atoms with van der Waals surface area (Å²) in [6.07, 6.45) is 30.4. The third-order valence-electron chi connectivity index (χ3n) is 20.8. The summed E-state index contributed by atoms with van der Waals surface area (Å²) in [6, 6.07) is -1.58. The smallest absolute Gasteiger partial charge is 0.328 e. The quantitative estimate of drug-likeness (QED) is 0.0283. The second-order valence-electron chi connectivity index (χ2n) is 30.4. The van der Waals surface area contributed by atoms with E-state index in [4.69, 9.17) is 23.7 Å². The maximum atomic E-state index is 13.8. The molecule has 2 aromatic rings. The highest BCUT2D eigenvalue weighted by molar-refractivity contribution is 5.87. The van der Waals surface area contributed by atoms with Crippen molar-refractivity contribution in [2.45, 2.75) is 334 Å². The van der Waals surface area contributed by atoms with E-state index < -0.39 is 18.1 Å². The number of esters is 1. The summed E-state index contributed by atoms with van der Waals surface area (Å²) >= 11 is 0. The Labute approximate surface area is 566 Å². The highest BCUT2D eigenvalue weighted by Gasteiger charge is 2.37. The van der Waals surface area contributed by atoms with Crippen molar-refractivity contribution in [1.29, 1.82) is 0 Å². The van der Waals surface area contributed by atoms with Crippen molar-refractivity contribution >= 4 is 30.1 Å². The van der Waals surface area contributed by atoms with Gasteiger partial charge < -0.3 is 45.0 Å². The summed E-state index contributed by atoms with van der Waals surface area (Å²) in [5, 5.41) is 11.5. The number of nitrogens with one attached hydrogen (secondary N) is 4. The standard InChI is InChI=1S/C79H134N4O10/c1-18-89-77(88)69(82-53-84)40-20-22-50-81-76(87)68(83-71(86)44-52-91-73-61(11)63(13)75-67(65(73)15)42-48-79(17,93-75)46-28-38-59(9)36-26-34-57(7)32-24-30-55(4)5)39-19-21-49-80-70(85)43-51-90-72-60(10)62(12)74-66(64(72)14)41-47-78(16,92-74)45-27-37-58(8)35-25-33-56(6)31-23-29-54(2)3/h53-59,68-69H,18-52H2,1-17H3,(H,80,85)(H,81,87)(H,82,84)(H,83,86)/t56-,57-,58-,59-,68+,69+,78-,79-/m1/s1. The molecule has 2 aliphatic heterocycles. The molecule has 8 atom stereocenters. The van der Waals surface area contributed by atoms with Crippen molar-refractivity contribution in [3.63, 3.8) is 0 Å². The first-order chi connectivity index (χ1) is 44.2. The van der Waals surface area contributed by atoms with Crippen LogP contribution in [0.1, 0.15) is 300 Å². The zero-order valence-corrected chi connectivity index (χ0v) is 62.0. The van der Waals surface area contributed by atoms with E-state index in [9.17, 15) is 24.0 Å². The molecule has 14 heteroatoms. The van der Waals surface area contributed by atoms with Gasteiger partial charge in [0.05, 0.1) is 32.7 Å². The summed E-state index contributed by atoms with van der Waals surface area (Å²) in [4.78, 5) is 64.2. The zero-order chi connectivity index (χ0) is 68.7. The number of benzene rings is 2. The molecule has 4 N–H and O–H groups in total. The SMILES string of the molecule is CCOC(=O)[C@H](CCCCNC(=O)[C@H](CCCCNC(=O)CCOc1c(C)c(C)c2c(c1C)CC[C@@](C)(CCC[C@H](C)CCC[C@H](C)CCCC(C)C)O2)NC(=O)CCOc1c(C)c(C)c2c(c1C)CC[C@@](C)(CCC[C@H](C)CCC[C@H](C)CCCC(C)C)O2)NC=O. The number of hydrogen-bond donors (Lipinski definition) is 4. The van der Waals surface area contributed by atoms with E-state index in [0.717, 1.165) is 131 Å². The van der Waals surface area contributed by atoms with Gasteiger partial charge in [0.15, 0.2) is 0 Å². The number of hydrogen-bond acceptors (Lipinski definition) is 10. The van der Waals surface area contributed by atoms with E-state index in [1.165, 1.54) is 107 Å². The van der Waals surface area contributed by atoms with Gasteiger partial charge in [-0.2, -0.15) is 0 Å². The van der Waals surface area contributed by atoms with Crippen molar-refractivity contribution < 1.29 is 47.7 Å². The minimum absolute atomic E-state index is 0.0513. The van der Waals surface area contributed by atoms with Crippen molar-refractivity contribution in [2.24, 2.45) is 35.5 Å². The number of carbonyl (C=O) groups is 5. The Bertz CT molecular complexity index is 2600. The molecule has 2 aromatic carbocycles. The summed E-state index contributed by atoms with van der Waals surface area (Å²) in [7, 11) is 0. The van der Waals surface area contributed by atoms with Crippen LogP contribution in [-0.2, 0) is 41.6 Å². The van der Waals surface area contributed by atoms with Gasteiger partial charge in [-0.25, -0.2) is 4.79 Å². The molecule has 0 bridgehead atoms. The summed E-state index contributed by atoms with van der Waals surface area (Å²) in [6.45, 7) is 39.2. The number of unbranched alkanes of at least 4 members (excludes halogenated alkanes) is 2.